The Morgan fingerprint density at radius 1 is 1.20 bits per heavy atom. The number of hydrogen-bond donors (Lipinski definition) is 0. The molecule has 0 heterocycles. The van der Waals surface area contributed by atoms with Crippen LogP contribution in [0.1, 0.15) is 59.8 Å². The molecular weight excluding hydrogens is 184 g/mol. The maximum absolute atomic E-state index is 11.9. The van der Waals surface area contributed by atoms with E-state index in [1.807, 2.05) is 0 Å². The molecule has 0 saturated heterocycles. The Morgan fingerprint density at radius 2 is 1.87 bits per heavy atom. The van der Waals surface area contributed by atoms with E-state index in [0.717, 1.165) is 18.8 Å². The second kappa shape index (κ2) is 3.33. The molecule has 1 nitrogen and oxygen atoms in total. The number of Topliss-reactive ketones (excluding diaryl/α,β-unsaturated/α-hetero) is 1. The maximum Gasteiger partial charge on any atom is 0.136 e. The molecule has 0 aromatic heterocycles. The van der Waals surface area contributed by atoms with Crippen molar-refractivity contribution in [2.45, 2.75) is 59.8 Å². The molecule has 2 fully saturated rings. The molecule has 2 aliphatic rings. The van der Waals surface area contributed by atoms with E-state index in [4.69, 9.17) is 0 Å². The first-order chi connectivity index (χ1) is 6.88. The van der Waals surface area contributed by atoms with Crippen molar-refractivity contribution in [1.82, 2.24) is 0 Å². The van der Waals surface area contributed by atoms with Crippen LogP contribution >= 0.6 is 0 Å². The standard InChI is InChI=1S/C14H24O/c1-10-11(15)6-7-12-13(2,3)8-5-9-14(10,12)4/h10,12H,5-9H2,1-4H3/t10-,12-,14+/m0/s1. The van der Waals surface area contributed by atoms with Crippen molar-refractivity contribution < 1.29 is 4.79 Å². The van der Waals surface area contributed by atoms with Gasteiger partial charge in [0.05, 0.1) is 0 Å². The zero-order valence-electron chi connectivity index (χ0n) is 10.6. The zero-order valence-corrected chi connectivity index (χ0v) is 10.6. The van der Waals surface area contributed by atoms with E-state index in [2.05, 4.69) is 27.7 Å². The fourth-order valence-corrected chi connectivity index (χ4v) is 4.28. The molecule has 0 N–H and O–H groups in total. The second-order valence-corrected chi connectivity index (χ2v) is 6.63. The monoisotopic (exact) mass is 208 g/mol. The molecule has 2 saturated carbocycles. The van der Waals surface area contributed by atoms with Gasteiger partial charge in [0, 0.05) is 12.3 Å². The highest BCUT2D eigenvalue weighted by molar-refractivity contribution is 5.82. The van der Waals surface area contributed by atoms with E-state index >= 15 is 0 Å². The molecule has 1 heteroatoms. The molecule has 0 amide bonds. The molecule has 0 aliphatic heterocycles. The van der Waals surface area contributed by atoms with Crippen LogP contribution < -0.4 is 0 Å². The molecule has 0 aromatic rings. The van der Waals surface area contributed by atoms with Gasteiger partial charge in [0.15, 0.2) is 0 Å². The Morgan fingerprint density at radius 3 is 2.53 bits per heavy atom. The van der Waals surface area contributed by atoms with E-state index in [0.29, 0.717) is 11.2 Å². The fourth-order valence-electron chi connectivity index (χ4n) is 4.28. The molecule has 2 rings (SSSR count). The van der Waals surface area contributed by atoms with Crippen molar-refractivity contribution in [2.24, 2.45) is 22.7 Å². The van der Waals surface area contributed by atoms with Crippen LogP contribution in [0.4, 0.5) is 0 Å². The van der Waals surface area contributed by atoms with Gasteiger partial charge in [0.25, 0.3) is 0 Å². The van der Waals surface area contributed by atoms with Gasteiger partial charge in [-0.15, -0.1) is 0 Å². The first-order valence-electron chi connectivity index (χ1n) is 6.41. The number of fused-ring (bicyclic) bond motifs is 1. The van der Waals surface area contributed by atoms with E-state index in [9.17, 15) is 4.79 Å². The van der Waals surface area contributed by atoms with E-state index in [1.165, 1.54) is 19.3 Å². The largest absolute Gasteiger partial charge is 0.299 e. The van der Waals surface area contributed by atoms with Crippen molar-refractivity contribution in [3.05, 3.63) is 0 Å². The van der Waals surface area contributed by atoms with Crippen molar-refractivity contribution >= 4 is 5.78 Å². The molecule has 0 unspecified atom stereocenters. The second-order valence-electron chi connectivity index (χ2n) is 6.63. The summed E-state index contributed by atoms with van der Waals surface area (Å²) in [6.45, 7) is 9.32. The van der Waals surface area contributed by atoms with Crippen LogP contribution in [-0.4, -0.2) is 5.78 Å². The van der Waals surface area contributed by atoms with Gasteiger partial charge >= 0.3 is 0 Å². The van der Waals surface area contributed by atoms with Crippen LogP contribution in [-0.2, 0) is 4.79 Å². The molecule has 86 valence electrons. The van der Waals surface area contributed by atoms with Crippen molar-refractivity contribution in [1.29, 1.82) is 0 Å². The van der Waals surface area contributed by atoms with Crippen LogP contribution in [0.15, 0.2) is 0 Å². The summed E-state index contributed by atoms with van der Waals surface area (Å²) in [5.74, 6) is 1.55. The SMILES string of the molecule is C[C@H]1C(=O)CC[C@H]2C(C)(C)CCC[C@]12C. The Bertz CT molecular complexity index is 279. The molecule has 3 atom stereocenters. The van der Waals surface area contributed by atoms with Crippen LogP contribution in [0.3, 0.4) is 0 Å². The summed E-state index contributed by atoms with van der Waals surface area (Å²) >= 11 is 0. The van der Waals surface area contributed by atoms with Gasteiger partial charge < -0.3 is 0 Å². The zero-order chi connectivity index (χ0) is 11.3. The molecule has 0 aromatic carbocycles. The van der Waals surface area contributed by atoms with E-state index in [-0.39, 0.29) is 11.3 Å². The van der Waals surface area contributed by atoms with Gasteiger partial charge in [-0.3, -0.25) is 4.79 Å². The van der Waals surface area contributed by atoms with Gasteiger partial charge in [-0.1, -0.05) is 34.1 Å². The molecule has 0 radical (unpaired) electrons. The topological polar surface area (TPSA) is 17.1 Å². The minimum atomic E-state index is 0.288. The summed E-state index contributed by atoms with van der Waals surface area (Å²) in [6, 6.07) is 0. The lowest BCUT2D eigenvalue weighted by Gasteiger charge is -2.56. The third kappa shape index (κ3) is 1.55. The maximum atomic E-state index is 11.9. The molecule has 15 heavy (non-hydrogen) atoms. The first kappa shape index (κ1) is 11.2. The average Bonchev–Trinajstić information content (AvgIpc) is 2.12. The quantitative estimate of drug-likeness (QED) is 0.591. The average molecular weight is 208 g/mol. The predicted molar refractivity (Wildman–Crippen MR) is 62.6 cm³/mol. The lowest BCUT2D eigenvalue weighted by atomic mass is 9.48. The summed E-state index contributed by atoms with van der Waals surface area (Å²) < 4.78 is 0. The number of ketones is 1. The van der Waals surface area contributed by atoms with Gasteiger partial charge in [-0.05, 0) is 36.0 Å². The Labute approximate surface area is 93.6 Å². The Kier molecular flexibility index (Phi) is 2.48. The van der Waals surface area contributed by atoms with Crippen molar-refractivity contribution in [3.63, 3.8) is 0 Å². The summed E-state index contributed by atoms with van der Waals surface area (Å²) in [7, 11) is 0. The van der Waals surface area contributed by atoms with Crippen LogP contribution in [0, 0.1) is 22.7 Å². The van der Waals surface area contributed by atoms with Crippen molar-refractivity contribution in [3.8, 4) is 0 Å². The highest BCUT2D eigenvalue weighted by Gasteiger charge is 2.52. The minimum absolute atomic E-state index is 0.288. The fraction of sp³-hybridized carbons (Fsp3) is 0.929. The third-order valence-electron chi connectivity index (χ3n) is 5.43. The van der Waals surface area contributed by atoms with Crippen LogP contribution in [0.2, 0.25) is 0 Å². The van der Waals surface area contributed by atoms with Gasteiger partial charge in [0.2, 0.25) is 0 Å². The summed E-state index contributed by atoms with van der Waals surface area (Å²) in [5, 5.41) is 0. The molecule has 0 spiro atoms. The van der Waals surface area contributed by atoms with Gasteiger partial charge in [-0.2, -0.15) is 0 Å². The Hall–Kier alpha value is -0.330. The molecular formula is C14H24O. The van der Waals surface area contributed by atoms with Gasteiger partial charge in [-0.25, -0.2) is 0 Å². The van der Waals surface area contributed by atoms with Crippen LogP contribution in [0.25, 0.3) is 0 Å². The van der Waals surface area contributed by atoms with Gasteiger partial charge in [0.1, 0.15) is 5.78 Å². The summed E-state index contributed by atoms with van der Waals surface area (Å²) in [5.41, 5.74) is 0.735. The number of carbonyl (C=O) groups is 1. The smallest absolute Gasteiger partial charge is 0.136 e. The number of rotatable bonds is 0. The van der Waals surface area contributed by atoms with E-state index in [1.54, 1.807) is 0 Å². The van der Waals surface area contributed by atoms with Crippen molar-refractivity contribution in [2.75, 3.05) is 0 Å². The first-order valence-corrected chi connectivity index (χ1v) is 6.41. The normalized spacial score (nSPS) is 44.9. The third-order valence-corrected chi connectivity index (χ3v) is 5.43. The lowest BCUT2D eigenvalue weighted by molar-refractivity contribution is -0.141. The lowest BCUT2D eigenvalue weighted by Crippen LogP contribution is -2.50. The molecule has 2 aliphatic carbocycles. The minimum Gasteiger partial charge on any atom is -0.299 e. The number of hydrogen-bond acceptors (Lipinski definition) is 1. The predicted octanol–water partition coefficient (Wildman–Crippen LogP) is 3.82. The van der Waals surface area contributed by atoms with E-state index < -0.39 is 0 Å². The number of carbonyl (C=O) groups excluding carboxylic acids is 1. The molecule has 0 bridgehead atoms. The van der Waals surface area contributed by atoms with Crippen LogP contribution in [0.5, 0.6) is 0 Å². The highest BCUT2D eigenvalue weighted by atomic mass is 16.1. The highest BCUT2D eigenvalue weighted by Crippen LogP contribution is 2.58. The Balaban J connectivity index is 2.33. The summed E-state index contributed by atoms with van der Waals surface area (Å²) in [4.78, 5) is 11.9. The summed E-state index contributed by atoms with van der Waals surface area (Å²) in [6.07, 6.45) is 5.86.